The van der Waals surface area contributed by atoms with Gasteiger partial charge in [0, 0.05) is 36.1 Å². The first-order chi connectivity index (χ1) is 15.5. The molecule has 1 aromatic heterocycles. The van der Waals surface area contributed by atoms with Crippen molar-refractivity contribution >= 4 is 23.3 Å². The quantitative estimate of drug-likeness (QED) is 0.727. The maximum absolute atomic E-state index is 12.8. The average molecular weight is 457 g/mol. The fraction of sp³-hybridized carbons (Fsp3) is 0.560. The third kappa shape index (κ3) is 5.52. The van der Waals surface area contributed by atoms with Gasteiger partial charge in [0.15, 0.2) is 0 Å². The first kappa shape index (κ1) is 22.8. The van der Waals surface area contributed by atoms with Gasteiger partial charge in [-0.05, 0) is 56.4 Å². The predicted molar refractivity (Wildman–Crippen MR) is 129 cm³/mol. The highest BCUT2D eigenvalue weighted by Gasteiger charge is 2.27. The number of nitrogens with zero attached hydrogens (tertiary/aromatic N) is 3. The second kappa shape index (κ2) is 10.5. The van der Waals surface area contributed by atoms with Crippen LogP contribution in [0.2, 0.25) is 5.02 Å². The predicted octanol–water partition coefficient (Wildman–Crippen LogP) is 4.64. The Morgan fingerprint density at radius 2 is 1.69 bits per heavy atom. The summed E-state index contributed by atoms with van der Waals surface area (Å²) in [4.78, 5) is 27.4. The number of hydrogen-bond acceptors (Lipinski definition) is 4. The zero-order valence-electron chi connectivity index (χ0n) is 18.9. The molecule has 2 heterocycles. The molecule has 32 heavy (non-hydrogen) atoms. The molecule has 1 aliphatic heterocycles. The number of amides is 1. The minimum Gasteiger partial charge on any atom is -0.355 e. The first-order valence-corrected chi connectivity index (χ1v) is 12.3. The van der Waals surface area contributed by atoms with Gasteiger partial charge in [-0.15, -0.1) is 5.10 Å². The molecule has 1 saturated heterocycles. The van der Waals surface area contributed by atoms with Crippen LogP contribution >= 0.6 is 11.6 Å². The topological polar surface area (TPSA) is 67.2 Å². The van der Waals surface area contributed by atoms with Crippen molar-refractivity contribution in [1.29, 1.82) is 0 Å². The maximum Gasteiger partial charge on any atom is 0.271 e. The van der Waals surface area contributed by atoms with Crippen LogP contribution in [0.5, 0.6) is 0 Å². The summed E-state index contributed by atoms with van der Waals surface area (Å²) in [5, 5.41) is 8.53. The molecule has 1 aromatic carbocycles. The fourth-order valence-corrected chi connectivity index (χ4v) is 4.93. The highest BCUT2D eigenvalue weighted by molar-refractivity contribution is 6.31. The number of aromatic nitrogens is 2. The summed E-state index contributed by atoms with van der Waals surface area (Å²) >= 11 is 6.25. The van der Waals surface area contributed by atoms with Gasteiger partial charge in [-0.1, -0.05) is 49.8 Å². The summed E-state index contributed by atoms with van der Waals surface area (Å²) in [6, 6.07) is 9.16. The largest absolute Gasteiger partial charge is 0.355 e. The van der Waals surface area contributed by atoms with E-state index in [1.165, 1.54) is 36.8 Å². The number of carbonyl (C=O) groups is 1. The number of aryl methyl sites for hydroxylation is 1. The van der Waals surface area contributed by atoms with E-state index in [9.17, 15) is 9.59 Å². The average Bonchev–Trinajstić information content (AvgIpc) is 2.78. The number of halogens is 1. The van der Waals surface area contributed by atoms with E-state index in [1.807, 2.05) is 19.1 Å². The third-order valence-corrected chi connectivity index (χ3v) is 7.23. The van der Waals surface area contributed by atoms with Crippen molar-refractivity contribution in [2.75, 3.05) is 18.0 Å². The number of rotatable bonds is 4. The van der Waals surface area contributed by atoms with E-state index in [4.69, 9.17) is 11.6 Å². The number of benzene rings is 1. The van der Waals surface area contributed by atoms with Crippen LogP contribution < -0.4 is 15.8 Å². The van der Waals surface area contributed by atoms with Crippen molar-refractivity contribution in [3.8, 4) is 5.69 Å². The van der Waals surface area contributed by atoms with Crippen molar-refractivity contribution in [3.05, 3.63) is 51.3 Å². The molecule has 4 rings (SSSR count). The summed E-state index contributed by atoms with van der Waals surface area (Å²) in [5.41, 5.74) is 1.42. The SMILES string of the molecule is Cc1ccc(-n2nc(N3CCC(C(=O)NC4CCCCCCC4)CC3)ccc2=O)cc1Cl. The molecule has 1 amide bonds. The molecule has 172 valence electrons. The lowest BCUT2D eigenvalue weighted by molar-refractivity contribution is -0.126. The first-order valence-electron chi connectivity index (χ1n) is 11.9. The third-order valence-electron chi connectivity index (χ3n) is 6.83. The van der Waals surface area contributed by atoms with E-state index in [-0.39, 0.29) is 17.4 Å². The Morgan fingerprint density at radius 3 is 2.38 bits per heavy atom. The molecule has 0 bridgehead atoms. The Balaban J connectivity index is 1.38. The molecule has 6 nitrogen and oxygen atoms in total. The second-order valence-corrected chi connectivity index (χ2v) is 9.59. The number of piperidine rings is 1. The smallest absolute Gasteiger partial charge is 0.271 e. The maximum atomic E-state index is 12.8. The Kier molecular flexibility index (Phi) is 7.51. The zero-order valence-corrected chi connectivity index (χ0v) is 19.6. The molecule has 2 aliphatic rings. The van der Waals surface area contributed by atoms with Crippen molar-refractivity contribution < 1.29 is 4.79 Å². The lowest BCUT2D eigenvalue weighted by atomic mass is 9.93. The second-order valence-electron chi connectivity index (χ2n) is 9.19. The fourth-order valence-electron chi connectivity index (χ4n) is 4.76. The van der Waals surface area contributed by atoms with Gasteiger partial charge in [0.2, 0.25) is 5.91 Å². The van der Waals surface area contributed by atoms with Gasteiger partial charge in [0.25, 0.3) is 5.56 Å². The van der Waals surface area contributed by atoms with E-state index in [2.05, 4.69) is 15.3 Å². The normalized spacial score (nSPS) is 18.8. The minimum atomic E-state index is -0.192. The molecule has 7 heteroatoms. The van der Waals surface area contributed by atoms with Crippen LogP contribution in [-0.4, -0.2) is 34.8 Å². The Morgan fingerprint density at radius 1 is 1.00 bits per heavy atom. The van der Waals surface area contributed by atoms with Gasteiger partial charge < -0.3 is 10.2 Å². The van der Waals surface area contributed by atoms with Gasteiger partial charge in [-0.25, -0.2) is 0 Å². The molecule has 1 saturated carbocycles. The Bertz CT molecular complexity index is 990. The van der Waals surface area contributed by atoms with Gasteiger partial charge in [0.1, 0.15) is 5.82 Å². The molecule has 2 aromatic rings. The van der Waals surface area contributed by atoms with Gasteiger partial charge in [-0.3, -0.25) is 9.59 Å². The van der Waals surface area contributed by atoms with Crippen molar-refractivity contribution in [2.45, 2.75) is 70.8 Å². The Hall–Kier alpha value is -2.34. The van der Waals surface area contributed by atoms with Crippen molar-refractivity contribution in [3.63, 3.8) is 0 Å². The lowest BCUT2D eigenvalue weighted by Gasteiger charge is -2.33. The zero-order chi connectivity index (χ0) is 22.5. The summed E-state index contributed by atoms with van der Waals surface area (Å²) in [7, 11) is 0. The van der Waals surface area contributed by atoms with E-state index in [0.29, 0.717) is 16.8 Å². The van der Waals surface area contributed by atoms with Crippen LogP contribution in [0, 0.1) is 12.8 Å². The molecule has 1 N–H and O–H groups in total. The van der Waals surface area contributed by atoms with Gasteiger partial charge >= 0.3 is 0 Å². The van der Waals surface area contributed by atoms with Crippen molar-refractivity contribution in [1.82, 2.24) is 15.1 Å². The molecule has 0 radical (unpaired) electrons. The summed E-state index contributed by atoms with van der Waals surface area (Å²) in [6.45, 7) is 3.43. The van der Waals surface area contributed by atoms with Crippen LogP contribution in [0.1, 0.15) is 63.4 Å². The van der Waals surface area contributed by atoms with Crippen LogP contribution in [0.3, 0.4) is 0 Å². The van der Waals surface area contributed by atoms with E-state index >= 15 is 0 Å². The monoisotopic (exact) mass is 456 g/mol. The van der Waals surface area contributed by atoms with Crippen LogP contribution in [0.15, 0.2) is 35.1 Å². The molecule has 1 aliphatic carbocycles. The van der Waals surface area contributed by atoms with Crippen LogP contribution in [0.25, 0.3) is 5.69 Å². The lowest BCUT2D eigenvalue weighted by Crippen LogP contribution is -2.44. The van der Waals surface area contributed by atoms with E-state index in [1.54, 1.807) is 18.2 Å². The molecular weight excluding hydrogens is 424 g/mol. The molecule has 0 unspecified atom stereocenters. The summed E-state index contributed by atoms with van der Waals surface area (Å²) in [5.74, 6) is 1.01. The molecule has 0 spiro atoms. The molecule has 0 atom stereocenters. The number of nitrogens with one attached hydrogen (secondary N) is 1. The highest BCUT2D eigenvalue weighted by Crippen LogP contribution is 2.24. The van der Waals surface area contributed by atoms with E-state index < -0.39 is 0 Å². The van der Waals surface area contributed by atoms with Gasteiger partial charge in [-0.2, -0.15) is 4.68 Å². The number of anilines is 1. The van der Waals surface area contributed by atoms with E-state index in [0.717, 1.165) is 50.2 Å². The molecule has 2 fully saturated rings. The number of carbonyl (C=O) groups excluding carboxylic acids is 1. The highest BCUT2D eigenvalue weighted by atomic mass is 35.5. The van der Waals surface area contributed by atoms with Gasteiger partial charge in [0.05, 0.1) is 5.69 Å². The molecular formula is C25H33ClN4O2. The number of hydrogen-bond donors (Lipinski definition) is 1. The Labute approximate surface area is 195 Å². The standard InChI is InChI=1S/C25H33ClN4O2/c1-18-9-10-21(17-22(18)26)30-24(31)12-11-23(28-30)29-15-13-19(14-16-29)25(32)27-20-7-5-3-2-4-6-8-20/h9-12,17,19-20H,2-8,13-16H2,1H3,(H,27,32). The van der Waals surface area contributed by atoms with Crippen molar-refractivity contribution in [2.24, 2.45) is 5.92 Å². The van der Waals surface area contributed by atoms with Crippen LogP contribution in [-0.2, 0) is 4.79 Å². The van der Waals surface area contributed by atoms with Crippen LogP contribution in [0.4, 0.5) is 5.82 Å². The summed E-state index contributed by atoms with van der Waals surface area (Å²) < 4.78 is 1.40. The summed E-state index contributed by atoms with van der Waals surface area (Å²) in [6.07, 6.45) is 10.2. The minimum absolute atomic E-state index is 0.0542.